The lowest BCUT2D eigenvalue weighted by atomic mass is 10.2. The van der Waals surface area contributed by atoms with Gasteiger partial charge in [0.1, 0.15) is 11.6 Å². The van der Waals surface area contributed by atoms with Crippen LogP contribution >= 0.6 is 0 Å². The number of pyridine rings is 1. The van der Waals surface area contributed by atoms with E-state index in [4.69, 9.17) is 0 Å². The highest BCUT2D eigenvalue weighted by Crippen LogP contribution is 2.20. The van der Waals surface area contributed by atoms with Crippen molar-refractivity contribution in [2.24, 2.45) is 0 Å². The van der Waals surface area contributed by atoms with Gasteiger partial charge in [-0.15, -0.1) is 0 Å². The lowest BCUT2D eigenvalue weighted by Gasteiger charge is -2.36. The van der Waals surface area contributed by atoms with E-state index in [9.17, 15) is 9.18 Å². The molecule has 138 valence electrons. The third-order valence-corrected chi connectivity index (χ3v) is 4.61. The Balaban J connectivity index is 1.56. The van der Waals surface area contributed by atoms with E-state index in [0.717, 1.165) is 25.2 Å². The minimum absolute atomic E-state index is 0.0224. The van der Waals surface area contributed by atoms with Crippen LogP contribution in [0.2, 0.25) is 0 Å². The fourth-order valence-electron chi connectivity index (χ4n) is 3.06. The fourth-order valence-corrected chi connectivity index (χ4v) is 3.06. The maximum absolute atomic E-state index is 13.9. The number of aromatic nitrogens is 1. The fraction of sp³-hybridized carbons (Fsp3) is 0.400. The summed E-state index contributed by atoms with van der Waals surface area (Å²) in [6.07, 6.45) is 3.84. The maximum Gasteiger partial charge on any atom is 0.255 e. The average molecular weight is 356 g/mol. The van der Waals surface area contributed by atoms with Crippen LogP contribution < -0.4 is 10.2 Å². The number of carbonyl (C=O) groups is 1. The van der Waals surface area contributed by atoms with Crippen LogP contribution in [-0.2, 0) is 0 Å². The minimum Gasteiger partial charge on any atom is -0.370 e. The Morgan fingerprint density at radius 3 is 2.58 bits per heavy atom. The van der Waals surface area contributed by atoms with Crippen LogP contribution in [0.1, 0.15) is 30.1 Å². The number of anilines is 2. The molecule has 3 rings (SSSR count). The smallest absolute Gasteiger partial charge is 0.255 e. The van der Waals surface area contributed by atoms with Gasteiger partial charge in [-0.3, -0.25) is 4.79 Å². The summed E-state index contributed by atoms with van der Waals surface area (Å²) in [5.74, 6) is 0.549. The van der Waals surface area contributed by atoms with Crippen LogP contribution in [0.5, 0.6) is 0 Å². The number of para-hydroxylation sites is 1. The standard InChI is InChI=1S/C20H25FN4O/c1-2-3-10-22-19-9-8-16(15-23-19)20(26)25-13-11-24(12-14-25)18-7-5-4-6-17(18)21/h4-9,15H,2-3,10-14H2,1H3,(H,22,23). The molecule has 2 heterocycles. The molecule has 0 radical (unpaired) electrons. The Morgan fingerprint density at radius 1 is 1.15 bits per heavy atom. The molecule has 0 spiro atoms. The summed E-state index contributed by atoms with van der Waals surface area (Å²) in [4.78, 5) is 20.8. The van der Waals surface area contributed by atoms with E-state index in [1.165, 1.54) is 6.07 Å². The lowest BCUT2D eigenvalue weighted by molar-refractivity contribution is 0.0746. The van der Waals surface area contributed by atoms with Crippen molar-refractivity contribution in [3.8, 4) is 0 Å². The number of halogens is 1. The zero-order valence-electron chi connectivity index (χ0n) is 15.1. The normalized spacial score (nSPS) is 14.4. The van der Waals surface area contributed by atoms with Crippen molar-refractivity contribution in [3.63, 3.8) is 0 Å². The summed E-state index contributed by atoms with van der Waals surface area (Å²) in [5, 5.41) is 3.24. The molecule has 1 aromatic heterocycles. The van der Waals surface area contributed by atoms with Gasteiger partial charge in [0, 0.05) is 38.9 Å². The zero-order valence-corrected chi connectivity index (χ0v) is 15.1. The molecule has 26 heavy (non-hydrogen) atoms. The van der Waals surface area contributed by atoms with Gasteiger partial charge in [0.2, 0.25) is 0 Å². The first kappa shape index (κ1) is 18.2. The molecule has 0 saturated carbocycles. The number of rotatable bonds is 6. The second kappa shape index (κ2) is 8.65. The minimum atomic E-state index is -0.220. The molecule has 1 saturated heterocycles. The van der Waals surface area contributed by atoms with E-state index in [-0.39, 0.29) is 11.7 Å². The second-order valence-electron chi connectivity index (χ2n) is 6.44. The Labute approximate surface area is 153 Å². The van der Waals surface area contributed by atoms with Gasteiger partial charge in [-0.1, -0.05) is 25.5 Å². The largest absolute Gasteiger partial charge is 0.370 e. The van der Waals surface area contributed by atoms with Crippen LogP contribution in [-0.4, -0.2) is 48.5 Å². The quantitative estimate of drug-likeness (QED) is 0.806. The monoisotopic (exact) mass is 356 g/mol. The first-order valence-electron chi connectivity index (χ1n) is 9.17. The highest BCUT2D eigenvalue weighted by atomic mass is 19.1. The van der Waals surface area contributed by atoms with Gasteiger partial charge in [-0.25, -0.2) is 9.37 Å². The number of carbonyl (C=O) groups excluding carboxylic acids is 1. The molecule has 1 aliphatic heterocycles. The molecule has 0 bridgehead atoms. The van der Waals surface area contributed by atoms with Crippen molar-refractivity contribution in [2.45, 2.75) is 19.8 Å². The van der Waals surface area contributed by atoms with Gasteiger partial charge >= 0.3 is 0 Å². The summed E-state index contributed by atoms with van der Waals surface area (Å²) in [6.45, 7) is 5.42. The first-order chi connectivity index (χ1) is 12.7. The molecule has 5 nitrogen and oxygen atoms in total. The molecule has 1 aliphatic rings. The van der Waals surface area contributed by atoms with Crippen LogP contribution in [0, 0.1) is 5.82 Å². The molecule has 1 aromatic carbocycles. The molecule has 0 aliphatic carbocycles. The summed E-state index contributed by atoms with van der Waals surface area (Å²) in [5.41, 5.74) is 1.19. The van der Waals surface area contributed by atoms with E-state index in [1.54, 1.807) is 23.2 Å². The van der Waals surface area contributed by atoms with Crippen molar-refractivity contribution in [1.29, 1.82) is 0 Å². The van der Waals surface area contributed by atoms with Crippen LogP contribution in [0.15, 0.2) is 42.6 Å². The predicted octanol–water partition coefficient (Wildman–Crippen LogP) is 3.40. The summed E-state index contributed by atoms with van der Waals surface area (Å²) in [6, 6.07) is 10.4. The molecule has 1 N–H and O–H groups in total. The Morgan fingerprint density at radius 2 is 1.92 bits per heavy atom. The van der Waals surface area contributed by atoms with E-state index in [1.807, 2.05) is 23.1 Å². The molecule has 1 fully saturated rings. The van der Waals surface area contributed by atoms with Crippen molar-refractivity contribution < 1.29 is 9.18 Å². The van der Waals surface area contributed by atoms with Gasteiger partial charge in [0.25, 0.3) is 5.91 Å². The number of nitrogens with one attached hydrogen (secondary N) is 1. The second-order valence-corrected chi connectivity index (χ2v) is 6.44. The van der Waals surface area contributed by atoms with E-state index in [0.29, 0.717) is 37.4 Å². The number of piperazine rings is 1. The average Bonchev–Trinajstić information content (AvgIpc) is 2.69. The molecule has 2 aromatic rings. The van der Waals surface area contributed by atoms with Gasteiger partial charge in [0.05, 0.1) is 11.3 Å². The van der Waals surface area contributed by atoms with Gasteiger partial charge in [-0.05, 0) is 30.7 Å². The van der Waals surface area contributed by atoms with Gasteiger partial charge in [0.15, 0.2) is 0 Å². The van der Waals surface area contributed by atoms with Crippen molar-refractivity contribution in [2.75, 3.05) is 42.9 Å². The summed E-state index contributed by atoms with van der Waals surface area (Å²) >= 11 is 0. The Hall–Kier alpha value is -2.63. The molecular formula is C20H25FN4O. The number of benzene rings is 1. The molecule has 0 unspecified atom stereocenters. The first-order valence-corrected chi connectivity index (χ1v) is 9.17. The van der Waals surface area contributed by atoms with Crippen LogP contribution in [0.25, 0.3) is 0 Å². The molecular weight excluding hydrogens is 331 g/mol. The highest BCUT2D eigenvalue weighted by molar-refractivity contribution is 5.94. The number of nitrogens with zero attached hydrogens (tertiary/aromatic N) is 3. The van der Waals surface area contributed by atoms with E-state index in [2.05, 4.69) is 17.2 Å². The number of hydrogen-bond acceptors (Lipinski definition) is 4. The van der Waals surface area contributed by atoms with Crippen LogP contribution in [0.4, 0.5) is 15.9 Å². The Bertz CT molecular complexity index is 727. The van der Waals surface area contributed by atoms with E-state index >= 15 is 0 Å². The van der Waals surface area contributed by atoms with E-state index < -0.39 is 0 Å². The predicted molar refractivity (Wildman–Crippen MR) is 102 cm³/mol. The van der Waals surface area contributed by atoms with Crippen LogP contribution in [0.3, 0.4) is 0 Å². The highest BCUT2D eigenvalue weighted by Gasteiger charge is 2.23. The Kier molecular flexibility index (Phi) is 6.04. The summed E-state index contributed by atoms with van der Waals surface area (Å²) < 4.78 is 13.9. The maximum atomic E-state index is 13.9. The number of unbranched alkanes of at least 4 members (excludes halogenated alkanes) is 1. The topological polar surface area (TPSA) is 48.5 Å². The zero-order chi connectivity index (χ0) is 18.4. The number of hydrogen-bond donors (Lipinski definition) is 1. The van der Waals surface area contributed by atoms with Crippen molar-refractivity contribution >= 4 is 17.4 Å². The third-order valence-electron chi connectivity index (χ3n) is 4.61. The molecule has 1 amide bonds. The third kappa shape index (κ3) is 4.31. The number of amides is 1. The van der Waals surface area contributed by atoms with Crippen molar-refractivity contribution in [1.82, 2.24) is 9.88 Å². The van der Waals surface area contributed by atoms with Gasteiger partial charge in [-0.2, -0.15) is 0 Å². The molecule has 0 atom stereocenters. The van der Waals surface area contributed by atoms with Gasteiger partial charge < -0.3 is 15.1 Å². The van der Waals surface area contributed by atoms with Crippen molar-refractivity contribution in [3.05, 3.63) is 54.0 Å². The SMILES string of the molecule is CCCCNc1ccc(C(=O)N2CCN(c3ccccc3F)CC2)cn1. The molecule has 6 heteroatoms. The summed E-state index contributed by atoms with van der Waals surface area (Å²) in [7, 11) is 0. The lowest BCUT2D eigenvalue weighted by Crippen LogP contribution is -2.49.